The lowest BCUT2D eigenvalue weighted by atomic mass is 10.3. The highest BCUT2D eigenvalue weighted by atomic mass is 35.5. The number of carbonyl (C=O) groups excluding carboxylic acids is 1. The summed E-state index contributed by atoms with van der Waals surface area (Å²) in [7, 11) is 0. The van der Waals surface area contributed by atoms with Crippen molar-refractivity contribution in [2.75, 3.05) is 5.32 Å². The van der Waals surface area contributed by atoms with Gasteiger partial charge < -0.3 is 9.88 Å². The van der Waals surface area contributed by atoms with E-state index in [4.69, 9.17) is 11.6 Å². The summed E-state index contributed by atoms with van der Waals surface area (Å²) in [5.41, 5.74) is 0.471. The molecule has 0 aliphatic carbocycles. The minimum absolute atomic E-state index is 0.139. The molecule has 0 saturated carbocycles. The number of aromatic nitrogens is 2. The zero-order valence-electron chi connectivity index (χ0n) is 9.69. The molecule has 2 aromatic heterocycles. The maximum Gasteiger partial charge on any atom is 0.272 e. The summed E-state index contributed by atoms with van der Waals surface area (Å²) in [6.45, 7) is -0.531. The number of anilines is 1. The summed E-state index contributed by atoms with van der Waals surface area (Å²) in [5, 5.41) is 2.86. The zero-order valence-corrected chi connectivity index (χ0v) is 10.4. The summed E-state index contributed by atoms with van der Waals surface area (Å²) in [6.07, 6.45) is 1.77. The Morgan fingerprint density at radius 1 is 1.47 bits per heavy atom. The third-order valence-electron chi connectivity index (χ3n) is 2.41. The van der Waals surface area contributed by atoms with E-state index in [-0.39, 0.29) is 5.69 Å². The van der Waals surface area contributed by atoms with E-state index in [1.54, 1.807) is 0 Å². The van der Waals surface area contributed by atoms with Gasteiger partial charge in [0.25, 0.3) is 12.3 Å². The lowest BCUT2D eigenvalue weighted by molar-refractivity contribution is 0.0997. The SMILES string of the molecule is O=C(Nc1cnccc1Cl)c1cccn1CC(F)F. The molecule has 0 aliphatic rings. The molecule has 1 amide bonds. The van der Waals surface area contributed by atoms with E-state index in [1.807, 2.05) is 0 Å². The topological polar surface area (TPSA) is 46.9 Å². The number of nitrogens with one attached hydrogen (secondary N) is 1. The van der Waals surface area contributed by atoms with Crippen molar-refractivity contribution in [3.63, 3.8) is 0 Å². The second kappa shape index (κ2) is 5.79. The Kier molecular flexibility index (Phi) is 4.11. The summed E-state index contributed by atoms with van der Waals surface area (Å²) < 4.78 is 25.9. The van der Waals surface area contributed by atoms with Crippen LogP contribution in [-0.2, 0) is 6.54 Å². The summed E-state index contributed by atoms with van der Waals surface area (Å²) >= 11 is 5.87. The normalized spacial score (nSPS) is 10.7. The smallest absolute Gasteiger partial charge is 0.272 e. The summed E-state index contributed by atoms with van der Waals surface area (Å²) in [4.78, 5) is 15.8. The molecule has 0 bridgehead atoms. The number of hydrogen-bond donors (Lipinski definition) is 1. The van der Waals surface area contributed by atoms with E-state index in [9.17, 15) is 13.6 Å². The average Bonchev–Trinajstić information content (AvgIpc) is 2.79. The number of rotatable bonds is 4. The summed E-state index contributed by atoms with van der Waals surface area (Å²) in [5.74, 6) is -0.513. The van der Waals surface area contributed by atoms with E-state index in [2.05, 4.69) is 10.3 Å². The molecule has 0 spiro atoms. The first-order valence-electron chi connectivity index (χ1n) is 5.42. The Hall–Kier alpha value is -1.95. The van der Waals surface area contributed by atoms with Crippen LogP contribution in [0.2, 0.25) is 5.02 Å². The van der Waals surface area contributed by atoms with E-state index in [0.29, 0.717) is 10.7 Å². The van der Waals surface area contributed by atoms with Crippen molar-refractivity contribution in [2.45, 2.75) is 13.0 Å². The molecule has 100 valence electrons. The van der Waals surface area contributed by atoms with Crippen LogP contribution < -0.4 is 5.32 Å². The molecule has 0 aliphatic heterocycles. The lowest BCUT2D eigenvalue weighted by Gasteiger charge is -2.09. The van der Waals surface area contributed by atoms with Gasteiger partial charge >= 0.3 is 0 Å². The van der Waals surface area contributed by atoms with Crippen molar-refractivity contribution in [3.05, 3.63) is 47.5 Å². The van der Waals surface area contributed by atoms with Gasteiger partial charge in [-0.05, 0) is 18.2 Å². The van der Waals surface area contributed by atoms with Gasteiger partial charge in [-0.3, -0.25) is 9.78 Å². The van der Waals surface area contributed by atoms with Crippen LogP contribution in [0.25, 0.3) is 0 Å². The fourth-order valence-electron chi connectivity index (χ4n) is 1.58. The van der Waals surface area contributed by atoms with Crippen LogP contribution in [-0.4, -0.2) is 21.9 Å². The Morgan fingerprint density at radius 2 is 2.26 bits per heavy atom. The Bertz CT molecular complexity index is 586. The van der Waals surface area contributed by atoms with Crippen LogP contribution in [0.3, 0.4) is 0 Å². The van der Waals surface area contributed by atoms with Gasteiger partial charge in [0.15, 0.2) is 0 Å². The number of carbonyl (C=O) groups is 1. The van der Waals surface area contributed by atoms with Crippen molar-refractivity contribution >= 4 is 23.2 Å². The van der Waals surface area contributed by atoms with Gasteiger partial charge in [0.05, 0.1) is 23.5 Å². The highest BCUT2D eigenvalue weighted by Crippen LogP contribution is 2.20. The fraction of sp³-hybridized carbons (Fsp3) is 0.167. The molecule has 1 N–H and O–H groups in total. The quantitative estimate of drug-likeness (QED) is 0.938. The van der Waals surface area contributed by atoms with Crippen molar-refractivity contribution in [2.24, 2.45) is 0 Å². The molecule has 0 radical (unpaired) electrons. The molecule has 0 aromatic carbocycles. The molecule has 19 heavy (non-hydrogen) atoms. The van der Waals surface area contributed by atoms with Crippen molar-refractivity contribution in [1.29, 1.82) is 0 Å². The number of amides is 1. The van der Waals surface area contributed by atoms with Gasteiger partial charge in [-0.15, -0.1) is 0 Å². The molecule has 0 saturated heterocycles. The average molecular weight is 286 g/mol. The first kappa shape index (κ1) is 13.5. The molecule has 2 aromatic rings. The van der Waals surface area contributed by atoms with Gasteiger partial charge in [-0.25, -0.2) is 8.78 Å². The summed E-state index contributed by atoms with van der Waals surface area (Å²) in [6, 6.07) is 4.51. The van der Waals surface area contributed by atoms with Gasteiger partial charge in [0.1, 0.15) is 5.69 Å². The predicted octanol–water partition coefficient (Wildman–Crippen LogP) is 3.05. The number of hydrogen-bond acceptors (Lipinski definition) is 2. The van der Waals surface area contributed by atoms with Crippen molar-refractivity contribution in [3.8, 4) is 0 Å². The van der Waals surface area contributed by atoms with Gasteiger partial charge in [0.2, 0.25) is 0 Å². The predicted molar refractivity (Wildman–Crippen MR) is 67.6 cm³/mol. The van der Waals surface area contributed by atoms with Crippen LogP contribution >= 0.6 is 11.6 Å². The van der Waals surface area contributed by atoms with Crippen molar-refractivity contribution < 1.29 is 13.6 Å². The van der Waals surface area contributed by atoms with Gasteiger partial charge in [0, 0.05) is 12.4 Å². The van der Waals surface area contributed by atoms with E-state index in [0.717, 1.165) is 0 Å². The van der Waals surface area contributed by atoms with E-state index >= 15 is 0 Å². The van der Waals surface area contributed by atoms with Crippen LogP contribution in [0.4, 0.5) is 14.5 Å². The van der Waals surface area contributed by atoms with Gasteiger partial charge in [-0.1, -0.05) is 11.6 Å². The number of nitrogens with zero attached hydrogens (tertiary/aromatic N) is 2. The first-order valence-corrected chi connectivity index (χ1v) is 5.80. The number of pyridine rings is 1. The Morgan fingerprint density at radius 3 is 2.95 bits per heavy atom. The molecule has 0 atom stereocenters. The molecular weight excluding hydrogens is 276 g/mol. The molecule has 4 nitrogen and oxygen atoms in total. The minimum Gasteiger partial charge on any atom is -0.338 e. The monoisotopic (exact) mass is 285 g/mol. The van der Waals surface area contributed by atoms with Crippen LogP contribution in [0.5, 0.6) is 0 Å². The highest BCUT2D eigenvalue weighted by molar-refractivity contribution is 6.33. The minimum atomic E-state index is -2.53. The maximum atomic E-state index is 12.3. The van der Waals surface area contributed by atoms with Crippen LogP contribution in [0.1, 0.15) is 10.5 Å². The molecule has 0 unspecified atom stereocenters. The second-order valence-electron chi connectivity index (χ2n) is 3.75. The Balaban J connectivity index is 2.17. The molecular formula is C12H10ClF2N3O. The van der Waals surface area contributed by atoms with Gasteiger partial charge in [-0.2, -0.15) is 0 Å². The van der Waals surface area contributed by atoms with Crippen LogP contribution in [0.15, 0.2) is 36.8 Å². The zero-order chi connectivity index (χ0) is 13.8. The third-order valence-corrected chi connectivity index (χ3v) is 2.74. The standard InChI is InChI=1S/C12H10ClF2N3O/c13-8-3-4-16-6-9(8)17-12(19)10-2-1-5-18(10)7-11(14)15/h1-6,11H,7H2,(H,17,19). The number of halogens is 3. The third kappa shape index (κ3) is 3.29. The molecule has 0 fully saturated rings. The van der Waals surface area contributed by atoms with E-state index in [1.165, 1.54) is 41.4 Å². The fourth-order valence-corrected chi connectivity index (χ4v) is 1.74. The van der Waals surface area contributed by atoms with Crippen molar-refractivity contribution in [1.82, 2.24) is 9.55 Å². The molecule has 2 rings (SSSR count). The Labute approximate surface area is 113 Å². The van der Waals surface area contributed by atoms with E-state index < -0.39 is 18.9 Å². The first-order chi connectivity index (χ1) is 9.08. The maximum absolute atomic E-state index is 12.3. The number of alkyl halides is 2. The highest BCUT2D eigenvalue weighted by Gasteiger charge is 2.14. The largest absolute Gasteiger partial charge is 0.338 e. The lowest BCUT2D eigenvalue weighted by Crippen LogP contribution is -2.19. The molecule has 2 heterocycles. The van der Waals surface area contributed by atoms with Crippen LogP contribution in [0, 0.1) is 0 Å². The second-order valence-corrected chi connectivity index (χ2v) is 4.15. The molecule has 7 heteroatoms.